The first kappa shape index (κ1) is 10.3. The smallest absolute Gasteiger partial charge is 0.387 e. The summed E-state index contributed by atoms with van der Waals surface area (Å²) in [5.41, 5.74) is 6.04. The molecule has 1 aromatic rings. The van der Waals surface area contributed by atoms with E-state index in [4.69, 9.17) is 5.73 Å². The Balaban J connectivity index is 2.16. The van der Waals surface area contributed by atoms with Gasteiger partial charge in [0.1, 0.15) is 11.6 Å². The lowest BCUT2D eigenvalue weighted by molar-refractivity contribution is -0.0500. The molecule has 0 aliphatic heterocycles. The first-order valence-electron chi connectivity index (χ1n) is 4.58. The molecule has 0 aromatic heterocycles. The second kappa shape index (κ2) is 3.73. The highest BCUT2D eigenvalue weighted by molar-refractivity contribution is 5.35. The fourth-order valence-electron chi connectivity index (χ4n) is 1.56. The molecule has 1 fully saturated rings. The van der Waals surface area contributed by atoms with E-state index in [1.807, 2.05) is 0 Å². The number of alkyl halides is 2. The molecule has 1 aliphatic rings. The zero-order valence-electron chi connectivity index (χ0n) is 7.79. The molecular formula is C10H10F3NO. The minimum absolute atomic E-state index is 0.0126. The number of hydrogen-bond donors (Lipinski definition) is 1. The van der Waals surface area contributed by atoms with Gasteiger partial charge in [-0.15, -0.1) is 0 Å². The van der Waals surface area contributed by atoms with Gasteiger partial charge in [0, 0.05) is 18.0 Å². The molecule has 0 radical (unpaired) electrons. The first-order valence-corrected chi connectivity index (χ1v) is 4.58. The van der Waals surface area contributed by atoms with E-state index in [2.05, 4.69) is 4.74 Å². The number of ether oxygens (including phenoxy) is 1. The molecule has 2 atom stereocenters. The maximum Gasteiger partial charge on any atom is 0.387 e. The topological polar surface area (TPSA) is 35.2 Å². The van der Waals surface area contributed by atoms with Crippen LogP contribution in [0.2, 0.25) is 0 Å². The largest absolute Gasteiger partial charge is 0.435 e. The highest BCUT2D eigenvalue weighted by Crippen LogP contribution is 2.40. The number of rotatable bonds is 3. The van der Waals surface area contributed by atoms with Crippen LogP contribution < -0.4 is 10.5 Å². The molecule has 15 heavy (non-hydrogen) atoms. The Hall–Kier alpha value is -1.23. The van der Waals surface area contributed by atoms with Gasteiger partial charge in [0.2, 0.25) is 0 Å². The Morgan fingerprint density at radius 2 is 2.07 bits per heavy atom. The number of hydrogen-bond acceptors (Lipinski definition) is 2. The van der Waals surface area contributed by atoms with E-state index in [-0.39, 0.29) is 17.7 Å². The molecule has 0 bridgehead atoms. The molecule has 1 aliphatic carbocycles. The molecule has 0 unspecified atom stereocenters. The third-order valence-electron chi connectivity index (χ3n) is 2.44. The summed E-state index contributed by atoms with van der Waals surface area (Å²) >= 11 is 0. The standard InChI is InChI=1S/C10H10F3NO/c11-8-3-5(15-10(12)13)1-2-6(8)7-4-9(7)14/h1-3,7,9-10H,4,14H2/t7-,9+/m0/s1. The van der Waals surface area contributed by atoms with Crippen LogP contribution in [0.5, 0.6) is 5.75 Å². The van der Waals surface area contributed by atoms with Gasteiger partial charge in [-0.1, -0.05) is 6.07 Å². The molecule has 5 heteroatoms. The van der Waals surface area contributed by atoms with E-state index in [9.17, 15) is 13.2 Å². The second-order valence-electron chi connectivity index (χ2n) is 3.57. The summed E-state index contributed by atoms with van der Waals surface area (Å²) in [6.45, 7) is -2.93. The van der Waals surface area contributed by atoms with Gasteiger partial charge in [-0.3, -0.25) is 0 Å². The lowest BCUT2D eigenvalue weighted by Gasteiger charge is -2.06. The maximum atomic E-state index is 13.4. The van der Waals surface area contributed by atoms with Crippen molar-refractivity contribution in [3.05, 3.63) is 29.6 Å². The quantitative estimate of drug-likeness (QED) is 0.842. The molecule has 2 rings (SSSR count). The van der Waals surface area contributed by atoms with Gasteiger partial charge >= 0.3 is 6.61 Å². The number of nitrogens with two attached hydrogens (primary N) is 1. The highest BCUT2D eigenvalue weighted by atomic mass is 19.3. The predicted octanol–water partition coefficient (Wildman–Crippen LogP) is 2.24. The molecular weight excluding hydrogens is 207 g/mol. The third kappa shape index (κ3) is 2.23. The van der Waals surface area contributed by atoms with Crippen molar-refractivity contribution in [1.29, 1.82) is 0 Å². The van der Waals surface area contributed by atoms with Gasteiger partial charge in [0.25, 0.3) is 0 Å². The third-order valence-corrected chi connectivity index (χ3v) is 2.44. The van der Waals surface area contributed by atoms with Crippen LogP contribution in [-0.4, -0.2) is 12.7 Å². The summed E-state index contributed by atoms with van der Waals surface area (Å²) < 4.78 is 41.1. The van der Waals surface area contributed by atoms with E-state index >= 15 is 0 Å². The van der Waals surface area contributed by atoms with E-state index in [0.717, 1.165) is 12.5 Å². The Bertz CT molecular complexity index is 370. The molecule has 2 N–H and O–H groups in total. The van der Waals surface area contributed by atoms with Crippen molar-refractivity contribution >= 4 is 0 Å². The van der Waals surface area contributed by atoms with Crippen molar-refractivity contribution in [2.45, 2.75) is 25.0 Å². The number of benzene rings is 1. The molecule has 1 aromatic carbocycles. The lowest BCUT2D eigenvalue weighted by atomic mass is 10.1. The van der Waals surface area contributed by atoms with Gasteiger partial charge in [-0.2, -0.15) is 8.78 Å². The summed E-state index contributed by atoms with van der Waals surface area (Å²) in [7, 11) is 0. The van der Waals surface area contributed by atoms with E-state index in [1.165, 1.54) is 12.1 Å². The predicted molar refractivity (Wildman–Crippen MR) is 48.4 cm³/mol. The zero-order chi connectivity index (χ0) is 11.0. The summed E-state index contributed by atoms with van der Waals surface area (Å²) in [5, 5.41) is 0. The van der Waals surface area contributed by atoms with Crippen LogP contribution in [0.25, 0.3) is 0 Å². The van der Waals surface area contributed by atoms with Crippen molar-refractivity contribution < 1.29 is 17.9 Å². The molecule has 82 valence electrons. The van der Waals surface area contributed by atoms with Crippen molar-refractivity contribution in [3.8, 4) is 5.75 Å². The molecule has 1 saturated carbocycles. The zero-order valence-corrected chi connectivity index (χ0v) is 7.79. The van der Waals surface area contributed by atoms with Crippen LogP contribution in [0.15, 0.2) is 18.2 Å². The van der Waals surface area contributed by atoms with Crippen LogP contribution in [0.3, 0.4) is 0 Å². The van der Waals surface area contributed by atoms with Crippen LogP contribution in [0.4, 0.5) is 13.2 Å². The first-order chi connectivity index (χ1) is 7.08. The summed E-state index contributed by atoms with van der Waals surface area (Å²) in [6.07, 6.45) is 0.742. The fraction of sp³-hybridized carbons (Fsp3) is 0.400. The highest BCUT2D eigenvalue weighted by Gasteiger charge is 2.36. The van der Waals surface area contributed by atoms with Gasteiger partial charge in [-0.05, 0) is 18.1 Å². The normalized spacial score (nSPS) is 24.3. The van der Waals surface area contributed by atoms with Crippen LogP contribution in [0.1, 0.15) is 17.9 Å². The van der Waals surface area contributed by atoms with E-state index in [1.54, 1.807) is 0 Å². The van der Waals surface area contributed by atoms with Gasteiger partial charge < -0.3 is 10.5 Å². The molecule has 0 amide bonds. The van der Waals surface area contributed by atoms with Crippen LogP contribution >= 0.6 is 0 Å². The van der Waals surface area contributed by atoms with Crippen molar-refractivity contribution in [2.24, 2.45) is 5.73 Å². The molecule has 2 nitrogen and oxygen atoms in total. The summed E-state index contributed by atoms with van der Waals surface area (Å²) in [4.78, 5) is 0. The molecule has 0 spiro atoms. The van der Waals surface area contributed by atoms with Crippen LogP contribution in [-0.2, 0) is 0 Å². The average molecular weight is 217 g/mol. The van der Waals surface area contributed by atoms with Gasteiger partial charge in [0.15, 0.2) is 0 Å². The van der Waals surface area contributed by atoms with Gasteiger partial charge in [0.05, 0.1) is 0 Å². The van der Waals surface area contributed by atoms with E-state index < -0.39 is 12.4 Å². The minimum atomic E-state index is -2.93. The second-order valence-corrected chi connectivity index (χ2v) is 3.57. The van der Waals surface area contributed by atoms with E-state index in [0.29, 0.717) is 5.56 Å². The average Bonchev–Trinajstić information content (AvgIpc) is 2.81. The van der Waals surface area contributed by atoms with Crippen molar-refractivity contribution in [3.63, 3.8) is 0 Å². The fourth-order valence-corrected chi connectivity index (χ4v) is 1.56. The van der Waals surface area contributed by atoms with Crippen molar-refractivity contribution in [1.82, 2.24) is 0 Å². The molecule has 0 heterocycles. The SMILES string of the molecule is N[C@@H]1C[C@H]1c1ccc(OC(F)F)cc1F. The number of halogens is 3. The van der Waals surface area contributed by atoms with Gasteiger partial charge in [-0.25, -0.2) is 4.39 Å². The van der Waals surface area contributed by atoms with Crippen LogP contribution in [0, 0.1) is 5.82 Å². The monoisotopic (exact) mass is 217 g/mol. The summed E-state index contributed by atoms with van der Waals surface area (Å²) in [5.74, 6) is -0.683. The Kier molecular flexibility index (Phi) is 2.56. The molecule has 0 saturated heterocycles. The minimum Gasteiger partial charge on any atom is -0.435 e. The Morgan fingerprint density at radius 1 is 1.40 bits per heavy atom. The maximum absolute atomic E-state index is 13.4. The lowest BCUT2D eigenvalue weighted by Crippen LogP contribution is -2.04. The Labute approximate surface area is 84.8 Å². The Morgan fingerprint density at radius 3 is 2.53 bits per heavy atom. The summed E-state index contributed by atoms with van der Waals surface area (Å²) in [6, 6.07) is 3.73. The van der Waals surface area contributed by atoms with Crippen molar-refractivity contribution in [2.75, 3.05) is 0 Å².